The van der Waals surface area contributed by atoms with E-state index in [0.717, 1.165) is 35.4 Å². The van der Waals surface area contributed by atoms with Gasteiger partial charge in [-0.3, -0.25) is 4.79 Å². The van der Waals surface area contributed by atoms with Crippen LogP contribution in [-0.2, 0) is 24.9 Å². The minimum absolute atomic E-state index is 0.0229. The number of aromatic nitrogens is 4. The van der Waals surface area contributed by atoms with Crippen LogP contribution in [0.1, 0.15) is 30.3 Å². The van der Waals surface area contributed by atoms with Gasteiger partial charge in [0.15, 0.2) is 0 Å². The van der Waals surface area contributed by atoms with Gasteiger partial charge in [-0.1, -0.05) is 12.1 Å². The van der Waals surface area contributed by atoms with Gasteiger partial charge in [-0.2, -0.15) is 0 Å². The normalized spacial score (nSPS) is 14.1. The van der Waals surface area contributed by atoms with Crippen molar-refractivity contribution in [1.29, 1.82) is 0 Å². The largest absolute Gasteiger partial charge is 0.395 e. The van der Waals surface area contributed by atoms with Gasteiger partial charge < -0.3 is 19.1 Å². The number of aliphatic hydroxyl groups is 1. The Morgan fingerprint density at radius 3 is 2.85 bits per heavy atom. The van der Waals surface area contributed by atoms with E-state index in [1.807, 2.05) is 40.4 Å². The molecule has 2 aromatic heterocycles. The van der Waals surface area contributed by atoms with Crippen LogP contribution in [0.3, 0.4) is 0 Å². The maximum Gasteiger partial charge on any atom is 0.243 e. The summed E-state index contributed by atoms with van der Waals surface area (Å²) in [5.74, 6) is 1.44. The molecule has 26 heavy (non-hydrogen) atoms. The van der Waals surface area contributed by atoms with Crippen molar-refractivity contribution in [1.82, 2.24) is 24.0 Å². The van der Waals surface area contributed by atoms with Crippen molar-refractivity contribution in [3.8, 4) is 0 Å². The maximum absolute atomic E-state index is 13.0. The van der Waals surface area contributed by atoms with Crippen molar-refractivity contribution in [3.05, 3.63) is 48.3 Å². The Balaban J connectivity index is 1.60. The third-order valence-corrected chi connectivity index (χ3v) is 4.91. The fraction of sp³-hybridized carbons (Fsp3) is 0.421. The molecule has 0 spiro atoms. The predicted octanol–water partition coefficient (Wildman–Crippen LogP) is 1.67. The van der Waals surface area contributed by atoms with Gasteiger partial charge in [-0.05, 0) is 25.0 Å². The van der Waals surface area contributed by atoms with E-state index in [1.54, 1.807) is 17.4 Å². The monoisotopic (exact) mass is 353 g/mol. The van der Waals surface area contributed by atoms with E-state index in [2.05, 4.69) is 4.98 Å². The number of aryl methyl sites for hydroxylation is 1. The summed E-state index contributed by atoms with van der Waals surface area (Å²) >= 11 is 0. The molecular formula is C19H23N5O2. The number of hydrogen-bond acceptors (Lipinski definition) is 4. The lowest BCUT2D eigenvalue weighted by molar-refractivity contribution is -0.133. The lowest BCUT2D eigenvalue weighted by Crippen LogP contribution is -2.36. The van der Waals surface area contributed by atoms with E-state index in [4.69, 9.17) is 4.98 Å². The number of carbonyl (C=O) groups is 1. The van der Waals surface area contributed by atoms with Crippen LogP contribution in [0.4, 0.5) is 0 Å². The topological polar surface area (TPSA) is 76.2 Å². The molecule has 1 saturated carbocycles. The van der Waals surface area contributed by atoms with Gasteiger partial charge >= 0.3 is 0 Å². The molecule has 3 aromatic rings. The second kappa shape index (κ2) is 6.92. The van der Waals surface area contributed by atoms with Gasteiger partial charge in [-0.25, -0.2) is 9.97 Å². The molecule has 1 amide bonds. The number of benzene rings is 1. The summed E-state index contributed by atoms with van der Waals surface area (Å²) in [5, 5.41) is 9.40. The molecule has 1 fully saturated rings. The van der Waals surface area contributed by atoms with Gasteiger partial charge in [0.05, 0.1) is 36.2 Å². The lowest BCUT2D eigenvalue weighted by atomic mass is 10.3. The molecular weight excluding hydrogens is 330 g/mol. The molecule has 2 heterocycles. The molecule has 7 nitrogen and oxygen atoms in total. The highest BCUT2D eigenvalue weighted by atomic mass is 16.3. The molecule has 0 radical (unpaired) electrons. The lowest BCUT2D eigenvalue weighted by Gasteiger charge is -2.23. The molecule has 1 aliphatic rings. The van der Waals surface area contributed by atoms with E-state index < -0.39 is 0 Å². The zero-order chi connectivity index (χ0) is 18.1. The molecule has 7 heteroatoms. The van der Waals surface area contributed by atoms with E-state index in [-0.39, 0.29) is 19.1 Å². The number of aliphatic hydroxyl groups excluding tert-OH is 1. The first kappa shape index (κ1) is 16.8. The number of rotatable bonds is 7. The fourth-order valence-electron chi connectivity index (χ4n) is 3.29. The number of imidazole rings is 2. The fourth-order valence-corrected chi connectivity index (χ4v) is 3.29. The average Bonchev–Trinajstić information content (AvgIpc) is 3.32. The van der Waals surface area contributed by atoms with Crippen LogP contribution in [0.25, 0.3) is 11.0 Å². The summed E-state index contributed by atoms with van der Waals surface area (Å²) in [6.07, 6.45) is 5.73. The third-order valence-electron chi connectivity index (χ3n) is 4.91. The summed E-state index contributed by atoms with van der Waals surface area (Å²) in [4.78, 5) is 23.6. The van der Waals surface area contributed by atoms with E-state index in [0.29, 0.717) is 19.0 Å². The molecule has 0 bridgehead atoms. The summed E-state index contributed by atoms with van der Waals surface area (Å²) in [6, 6.07) is 7.95. The maximum atomic E-state index is 13.0. The second-order valence-electron chi connectivity index (χ2n) is 6.85. The zero-order valence-electron chi connectivity index (χ0n) is 14.9. The molecule has 136 valence electrons. The Hall–Kier alpha value is -2.67. The van der Waals surface area contributed by atoms with Crippen LogP contribution >= 0.6 is 0 Å². The Morgan fingerprint density at radius 2 is 2.15 bits per heavy atom. The summed E-state index contributed by atoms with van der Waals surface area (Å²) in [5.41, 5.74) is 2.86. The van der Waals surface area contributed by atoms with Crippen LogP contribution in [0.15, 0.2) is 36.8 Å². The highest BCUT2D eigenvalue weighted by Gasteiger charge is 2.30. The number of hydrogen-bond donors (Lipinski definition) is 1. The molecule has 1 N–H and O–H groups in total. The Morgan fingerprint density at radius 1 is 1.35 bits per heavy atom. The molecule has 0 saturated heterocycles. The van der Waals surface area contributed by atoms with E-state index >= 15 is 0 Å². The third kappa shape index (κ3) is 3.22. The van der Waals surface area contributed by atoms with Gasteiger partial charge in [-0.15, -0.1) is 0 Å². The van der Waals surface area contributed by atoms with Gasteiger partial charge in [0, 0.05) is 25.7 Å². The summed E-state index contributed by atoms with van der Waals surface area (Å²) < 4.78 is 3.93. The van der Waals surface area contributed by atoms with Gasteiger partial charge in [0.1, 0.15) is 12.4 Å². The number of fused-ring (bicyclic) bond motifs is 1. The molecule has 4 rings (SSSR count). The quantitative estimate of drug-likeness (QED) is 0.701. The highest BCUT2D eigenvalue weighted by molar-refractivity contribution is 5.81. The van der Waals surface area contributed by atoms with Crippen molar-refractivity contribution < 1.29 is 9.90 Å². The van der Waals surface area contributed by atoms with E-state index in [1.165, 1.54) is 0 Å². The minimum atomic E-state index is -0.0657. The van der Waals surface area contributed by atoms with Crippen molar-refractivity contribution >= 4 is 16.9 Å². The number of amides is 1. The number of nitrogens with zero attached hydrogens (tertiary/aromatic N) is 5. The minimum Gasteiger partial charge on any atom is -0.395 e. The Bertz CT molecular complexity index is 925. The molecule has 0 atom stereocenters. The smallest absolute Gasteiger partial charge is 0.243 e. The van der Waals surface area contributed by atoms with Gasteiger partial charge in [0.2, 0.25) is 5.91 Å². The number of carbonyl (C=O) groups excluding carboxylic acids is 1. The van der Waals surface area contributed by atoms with Crippen LogP contribution in [-0.4, -0.2) is 48.2 Å². The SMILES string of the molecule is Cn1cncc1CN(CCO)C(=O)Cn1c(C2CC2)nc2ccccc21. The highest BCUT2D eigenvalue weighted by Crippen LogP contribution is 2.40. The predicted molar refractivity (Wildman–Crippen MR) is 97.4 cm³/mol. The van der Waals surface area contributed by atoms with E-state index in [9.17, 15) is 9.90 Å². The summed E-state index contributed by atoms with van der Waals surface area (Å²) in [6.45, 7) is 0.907. The first-order valence-corrected chi connectivity index (χ1v) is 8.96. The molecule has 1 aliphatic carbocycles. The molecule has 0 aliphatic heterocycles. The van der Waals surface area contributed by atoms with Gasteiger partial charge in [0.25, 0.3) is 0 Å². The second-order valence-corrected chi connectivity index (χ2v) is 6.85. The Labute approximate surface area is 151 Å². The van der Waals surface area contributed by atoms with Crippen LogP contribution in [0, 0.1) is 0 Å². The van der Waals surface area contributed by atoms with Crippen LogP contribution in [0.2, 0.25) is 0 Å². The van der Waals surface area contributed by atoms with Crippen LogP contribution in [0.5, 0.6) is 0 Å². The van der Waals surface area contributed by atoms with Crippen molar-refractivity contribution in [3.63, 3.8) is 0 Å². The van der Waals surface area contributed by atoms with Crippen molar-refractivity contribution in [2.24, 2.45) is 7.05 Å². The first-order chi connectivity index (χ1) is 12.7. The molecule has 1 aromatic carbocycles. The average molecular weight is 353 g/mol. The summed E-state index contributed by atoms with van der Waals surface area (Å²) in [7, 11) is 1.90. The van der Waals surface area contributed by atoms with Crippen LogP contribution < -0.4 is 0 Å². The standard InChI is InChI=1S/C19H23N5O2/c1-22-13-20-10-15(22)11-23(8-9-25)18(26)12-24-17-5-3-2-4-16(17)21-19(24)14-6-7-14/h2-5,10,13-14,25H,6-9,11-12H2,1H3. The first-order valence-electron chi connectivity index (χ1n) is 8.96. The van der Waals surface area contributed by atoms with Crippen molar-refractivity contribution in [2.45, 2.75) is 31.8 Å². The van der Waals surface area contributed by atoms with Crippen molar-refractivity contribution in [2.75, 3.05) is 13.2 Å². The number of para-hydroxylation sites is 2. The molecule has 0 unspecified atom stereocenters. The Kier molecular flexibility index (Phi) is 4.46. The zero-order valence-corrected chi connectivity index (χ0v) is 14.9.